The molecule has 8 heteroatoms. The number of nitrogens with one attached hydrogen (secondary N) is 2. The van der Waals surface area contributed by atoms with Crippen molar-refractivity contribution in [2.45, 2.75) is 84.0 Å². The molecule has 4 atom stereocenters. The van der Waals surface area contributed by atoms with Crippen LogP contribution < -0.4 is 15.4 Å². The number of benzene rings is 1. The Morgan fingerprint density at radius 1 is 1.14 bits per heavy atom. The first kappa shape index (κ1) is 28.0. The Morgan fingerprint density at radius 2 is 1.86 bits per heavy atom. The van der Waals surface area contributed by atoms with Crippen molar-refractivity contribution < 1.29 is 29.0 Å². The van der Waals surface area contributed by atoms with E-state index in [-0.39, 0.29) is 24.1 Å². The topological polar surface area (TPSA) is 121 Å². The Labute approximate surface area is 213 Å². The zero-order valence-electron chi connectivity index (χ0n) is 22.0. The highest BCUT2D eigenvalue weighted by Crippen LogP contribution is 2.30. The molecule has 36 heavy (non-hydrogen) atoms. The van der Waals surface area contributed by atoms with Gasteiger partial charge in [0, 0.05) is 11.9 Å². The molecule has 0 unspecified atom stereocenters. The summed E-state index contributed by atoms with van der Waals surface area (Å²) in [6.45, 7) is 5.83. The maximum Gasteiger partial charge on any atom is 0.287 e. The summed E-state index contributed by atoms with van der Waals surface area (Å²) in [5.41, 5.74) is 0.496. The van der Waals surface area contributed by atoms with Crippen LogP contribution in [0.25, 0.3) is 11.0 Å². The van der Waals surface area contributed by atoms with E-state index in [0.29, 0.717) is 30.1 Å². The number of furan rings is 1. The van der Waals surface area contributed by atoms with Crippen LogP contribution in [0, 0.1) is 17.8 Å². The van der Waals surface area contributed by atoms with Crippen molar-refractivity contribution in [1.82, 2.24) is 10.6 Å². The molecule has 0 spiro atoms. The first-order chi connectivity index (χ1) is 17.2. The van der Waals surface area contributed by atoms with Crippen LogP contribution in [0.2, 0.25) is 0 Å². The summed E-state index contributed by atoms with van der Waals surface area (Å²) >= 11 is 0. The summed E-state index contributed by atoms with van der Waals surface area (Å²) in [7, 11) is 1.54. The Hall–Kier alpha value is -2.58. The largest absolute Gasteiger partial charge is 0.493 e. The van der Waals surface area contributed by atoms with Crippen molar-refractivity contribution >= 4 is 22.8 Å². The number of carbonyl (C=O) groups is 2. The average Bonchev–Trinajstić information content (AvgIpc) is 3.31. The van der Waals surface area contributed by atoms with Crippen molar-refractivity contribution in [2.24, 2.45) is 17.8 Å². The third kappa shape index (κ3) is 7.46. The summed E-state index contributed by atoms with van der Waals surface area (Å²) in [5.74, 6) is 0.123. The second-order valence-corrected chi connectivity index (χ2v) is 10.6. The molecular formula is C28H42N2O6. The van der Waals surface area contributed by atoms with Gasteiger partial charge in [0.15, 0.2) is 17.1 Å². The van der Waals surface area contributed by atoms with Crippen molar-refractivity contribution in [3.63, 3.8) is 0 Å². The highest BCUT2D eigenvalue weighted by Gasteiger charge is 2.32. The summed E-state index contributed by atoms with van der Waals surface area (Å²) in [6.07, 6.45) is 4.86. The van der Waals surface area contributed by atoms with Crippen LogP contribution in [-0.2, 0) is 4.79 Å². The SMILES string of the molecule is COc1cccc2cc(C(=O)NC[C@H](C)C(=O)N[C@H](CC3CCCCC3)[C@@H](O)[C@@H](O)CC(C)C)oc12. The molecule has 1 fully saturated rings. The molecule has 0 aliphatic heterocycles. The van der Waals surface area contributed by atoms with Crippen molar-refractivity contribution in [3.8, 4) is 5.75 Å². The van der Waals surface area contributed by atoms with Crippen LogP contribution in [0.1, 0.15) is 76.3 Å². The van der Waals surface area contributed by atoms with E-state index < -0.39 is 30.1 Å². The number of para-hydroxylation sites is 1. The highest BCUT2D eigenvalue weighted by atomic mass is 16.5. The molecule has 4 N–H and O–H groups in total. The fourth-order valence-corrected chi connectivity index (χ4v) is 5.02. The molecule has 1 heterocycles. The summed E-state index contributed by atoms with van der Waals surface area (Å²) in [5, 5.41) is 28.0. The van der Waals surface area contributed by atoms with Gasteiger partial charge in [0.1, 0.15) is 6.10 Å². The van der Waals surface area contributed by atoms with Gasteiger partial charge in [0.2, 0.25) is 5.91 Å². The number of amides is 2. The smallest absolute Gasteiger partial charge is 0.287 e. The van der Waals surface area contributed by atoms with Gasteiger partial charge in [-0.15, -0.1) is 0 Å². The average molecular weight is 503 g/mol. The van der Waals surface area contributed by atoms with Crippen LogP contribution in [-0.4, -0.2) is 53.9 Å². The zero-order valence-corrected chi connectivity index (χ0v) is 22.0. The number of aliphatic hydroxyl groups is 2. The second kappa shape index (κ2) is 13.1. The molecule has 2 amide bonds. The van der Waals surface area contributed by atoms with Crippen molar-refractivity contribution in [3.05, 3.63) is 30.0 Å². The quantitative estimate of drug-likeness (QED) is 0.348. The van der Waals surface area contributed by atoms with E-state index in [9.17, 15) is 19.8 Å². The number of rotatable bonds is 12. The van der Waals surface area contributed by atoms with E-state index in [1.807, 2.05) is 26.0 Å². The van der Waals surface area contributed by atoms with E-state index in [1.165, 1.54) is 13.5 Å². The monoisotopic (exact) mass is 502 g/mol. The Bertz CT molecular complexity index is 997. The zero-order chi connectivity index (χ0) is 26.2. The molecule has 2 aromatic rings. The number of aliphatic hydroxyl groups excluding tert-OH is 2. The van der Waals surface area contributed by atoms with Gasteiger partial charge in [0.05, 0.1) is 25.2 Å². The normalized spacial score (nSPS) is 18.0. The van der Waals surface area contributed by atoms with Crippen LogP contribution >= 0.6 is 0 Å². The van der Waals surface area contributed by atoms with Gasteiger partial charge < -0.3 is 30.0 Å². The molecule has 1 aliphatic carbocycles. The number of fused-ring (bicyclic) bond motifs is 1. The van der Waals surface area contributed by atoms with Crippen molar-refractivity contribution in [2.75, 3.05) is 13.7 Å². The Balaban J connectivity index is 1.60. The van der Waals surface area contributed by atoms with Gasteiger partial charge in [0.25, 0.3) is 5.91 Å². The first-order valence-electron chi connectivity index (χ1n) is 13.2. The van der Waals surface area contributed by atoms with E-state index >= 15 is 0 Å². The lowest BCUT2D eigenvalue weighted by atomic mass is 9.82. The van der Waals surface area contributed by atoms with E-state index in [1.54, 1.807) is 19.1 Å². The third-order valence-electron chi connectivity index (χ3n) is 7.13. The number of hydrogen-bond donors (Lipinski definition) is 4. The predicted octanol–water partition coefficient (Wildman–Crippen LogP) is 4.03. The van der Waals surface area contributed by atoms with Gasteiger partial charge in [-0.1, -0.05) is 65.0 Å². The maximum atomic E-state index is 13.0. The van der Waals surface area contributed by atoms with Crippen LogP contribution in [0.5, 0.6) is 5.75 Å². The molecule has 8 nitrogen and oxygen atoms in total. The Morgan fingerprint density at radius 3 is 2.53 bits per heavy atom. The predicted molar refractivity (Wildman–Crippen MR) is 139 cm³/mol. The van der Waals surface area contributed by atoms with Crippen LogP contribution in [0.3, 0.4) is 0 Å². The summed E-state index contributed by atoms with van der Waals surface area (Å²) < 4.78 is 11.0. The fraction of sp³-hybridized carbons (Fsp3) is 0.643. The third-order valence-corrected chi connectivity index (χ3v) is 7.13. The summed E-state index contributed by atoms with van der Waals surface area (Å²) in [6, 6.07) is 6.52. The molecular weight excluding hydrogens is 460 g/mol. The summed E-state index contributed by atoms with van der Waals surface area (Å²) in [4.78, 5) is 25.7. The molecule has 0 bridgehead atoms. The number of ether oxygens (including phenoxy) is 1. The molecule has 200 valence electrons. The molecule has 1 aliphatic rings. The lowest BCUT2D eigenvalue weighted by Gasteiger charge is -2.33. The first-order valence-corrected chi connectivity index (χ1v) is 13.2. The van der Waals surface area contributed by atoms with Crippen LogP contribution in [0.15, 0.2) is 28.7 Å². The Kier molecular flexibility index (Phi) is 10.2. The van der Waals surface area contributed by atoms with E-state index in [2.05, 4.69) is 10.6 Å². The molecule has 1 saturated carbocycles. The van der Waals surface area contributed by atoms with E-state index in [0.717, 1.165) is 31.1 Å². The van der Waals surface area contributed by atoms with Crippen molar-refractivity contribution in [1.29, 1.82) is 0 Å². The lowest BCUT2D eigenvalue weighted by molar-refractivity contribution is -0.127. The minimum atomic E-state index is -1.04. The number of carbonyl (C=O) groups excluding carboxylic acids is 2. The van der Waals surface area contributed by atoms with Crippen LogP contribution in [0.4, 0.5) is 0 Å². The van der Waals surface area contributed by atoms with Gasteiger partial charge >= 0.3 is 0 Å². The molecule has 1 aromatic heterocycles. The molecule has 0 radical (unpaired) electrons. The maximum absolute atomic E-state index is 13.0. The fourth-order valence-electron chi connectivity index (χ4n) is 5.02. The highest BCUT2D eigenvalue weighted by molar-refractivity contribution is 5.97. The van der Waals surface area contributed by atoms with Gasteiger partial charge in [-0.3, -0.25) is 9.59 Å². The number of hydrogen-bond acceptors (Lipinski definition) is 6. The lowest BCUT2D eigenvalue weighted by Crippen LogP contribution is -2.52. The number of methoxy groups -OCH3 is 1. The van der Waals surface area contributed by atoms with Gasteiger partial charge in [-0.2, -0.15) is 0 Å². The van der Waals surface area contributed by atoms with E-state index in [4.69, 9.17) is 9.15 Å². The molecule has 1 aromatic carbocycles. The second-order valence-electron chi connectivity index (χ2n) is 10.6. The minimum absolute atomic E-state index is 0.111. The van der Waals surface area contributed by atoms with Gasteiger partial charge in [-0.05, 0) is 36.8 Å². The van der Waals surface area contributed by atoms with Gasteiger partial charge in [-0.25, -0.2) is 0 Å². The molecule has 3 rings (SSSR count). The standard InChI is InChI=1S/C28H42N2O6/c1-17(2)13-22(31)25(32)21(14-19-9-6-5-7-10-19)30-27(33)18(3)16-29-28(34)24-15-20-11-8-12-23(35-4)26(20)36-24/h8,11-12,15,17-19,21-22,25,31-32H,5-7,9-10,13-14,16H2,1-4H3,(H,29,34)(H,30,33)/t18-,21+,22-,25+/m0/s1. The molecule has 0 saturated heterocycles. The minimum Gasteiger partial charge on any atom is -0.493 e.